The van der Waals surface area contributed by atoms with Gasteiger partial charge in [0.05, 0.1) is 11.2 Å². The Morgan fingerprint density at radius 3 is 0.945 bits per heavy atom. The number of rotatable bonds is 7. The topological polar surface area (TPSA) is 18.5 Å². The van der Waals surface area contributed by atoms with Crippen LogP contribution in [0.5, 0.6) is 0 Å². The fraction of sp³-hybridized carbons (Fsp3) is 0.875. The Bertz CT molecular complexity index is 982. The molecule has 2 nitrogen and oxygen atoms in total. The predicted molar refractivity (Wildman–Crippen MR) is 245 cm³/mol. The van der Waals surface area contributed by atoms with Crippen LogP contribution >= 0.6 is 29.3 Å². The Morgan fingerprint density at radius 2 is 0.727 bits per heavy atom. The molecule has 0 bridgehead atoms. The third-order valence-electron chi connectivity index (χ3n) is 15.2. The van der Waals surface area contributed by atoms with Gasteiger partial charge in [-0.2, -0.15) is 30.3 Å². The Kier molecular flexibility index (Phi) is 21.7. The van der Waals surface area contributed by atoms with Crippen molar-refractivity contribution in [1.82, 2.24) is 0 Å². The van der Waals surface area contributed by atoms with E-state index in [1.165, 1.54) is 72.5 Å². The molecule has 1 heterocycles. The summed E-state index contributed by atoms with van der Waals surface area (Å²) in [5.41, 5.74) is 7.54. The molecular formula is C48H82BBrO2P2Pd. The molecule has 0 aromatic heterocycles. The molecule has 7 fully saturated rings. The van der Waals surface area contributed by atoms with E-state index in [4.69, 9.17) is 9.31 Å². The average molecular weight is 950 g/mol. The van der Waals surface area contributed by atoms with Gasteiger partial charge in [0.15, 0.2) is 0 Å². The molecule has 6 saturated carbocycles. The van der Waals surface area contributed by atoms with Crippen LogP contribution in [-0.2, 0) is 26.5 Å². The first kappa shape index (κ1) is 47.3. The number of hydrogen-bond acceptors (Lipinski definition) is 2. The van der Waals surface area contributed by atoms with Crippen molar-refractivity contribution in [2.24, 2.45) is 0 Å². The summed E-state index contributed by atoms with van der Waals surface area (Å²) in [6.07, 6.45) is 47.2. The standard InChI is InChI=1S/2C18H33P.C12H16BO2.BrH.Pd/c2*1-4-10-16(11-5-1)19(17-12-6-2-7-13-17)18-14-8-3-9-15-18;1-11(2)12(3,4)15-13(14-11)10-8-6-5-7-9-10;;/h2*16-18H,1-15H2;5-8H,1-4H3;1H;/q;;-1;;+2/p-1. The van der Waals surface area contributed by atoms with Crippen LogP contribution in [0.2, 0.25) is 0 Å². The van der Waals surface area contributed by atoms with Gasteiger partial charge in [-0.3, -0.25) is 0 Å². The van der Waals surface area contributed by atoms with E-state index in [9.17, 15) is 0 Å². The van der Waals surface area contributed by atoms with Crippen molar-refractivity contribution >= 4 is 41.9 Å². The summed E-state index contributed by atoms with van der Waals surface area (Å²) < 4.78 is 11.8. The van der Waals surface area contributed by atoms with Crippen molar-refractivity contribution in [3.63, 3.8) is 0 Å². The molecule has 1 saturated heterocycles. The van der Waals surface area contributed by atoms with Crippen LogP contribution in [0.25, 0.3) is 0 Å². The van der Waals surface area contributed by atoms with Gasteiger partial charge in [-0.15, -0.1) is 5.46 Å². The fourth-order valence-corrected chi connectivity index (χ4v) is 20.9. The predicted octanol–water partition coefficient (Wildman–Crippen LogP) is 15.6. The zero-order chi connectivity index (χ0) is 38.9. The maximum absolute atomic E-state index is 5.90. The number of hydrogen-bond donors (Lipinski definition) is 0. The SMILES string of the molecule is C1CCC(P(C2CCCCC2)C2CCCCC2)CC1.C1CCC(P(C2CCCCC2)C2CCCCC2)CC1.CC1(C)OB(c2[c-]cccc2)OC1(C)C.[Br][Pd+]. The van der Waals surface area contributed by atoms with E-state index in [2.05, 4.69) is 64.4 Å². The molecule has 7 heteroatoms. The van der Waals surface area contributed by atoms with Gasteiger partial charge in [-0.25, -0.2) is 0 Å². The molecule has 1 aromatic rings. The number of halogens is 1. The van der Waals surface area contributed by atoms with Gasteiger partial charge in [-0.05, 0) is 139 Å². The van der Waals surface area contributed by atoms with Gasteiger partial charge >= 0.3 is 37.7 Å². The summed E-state index contributed by atoms with van der Waals surface area (Å²) >= 11 is 5.35. The van der Waals surface area contributed by atoms with Gasteiger partial charge in [0.2, 0.25) is 0 Å². The molecule has 0 spiro atoms. The molecule has 7 aliphatic rings. The van der Waals surface area contributed by atoms with E-state index >= 15 is 0 Å². The molecule has 8 rings (SSSR count). The summed E-state index contributed by atoms with van der Waals surface area (Å²) in [6, 6.07) is 10.9. The van der Waals surface area contributed by atoms with Gasteiger partial charge < -0.3 is 9.31 Å². The van der Waals surface area contributed by atoms with Crippen LogP contribution in [0, 0.1) is 6.07 Å². The first-order chi connectivity index (χ1) is 26.8. The Balaban J connectivity index is 0.000000156. The zero-order valence-corrected chi connectivity index (χ0v) is 40.9. The summed E-state index contributed by atoms with van der Waals surface area (Å²) in [5.74, 6) is 0. The van der Waals surface area contributed by atoms with Crippen molar-refractivity contribution in [2.45, 2.75) is 265 Å². The molecule has 1 aliphatic heterocycles. The first-order valence-corrected chi connectivity index (χ1v) is 30.5. The molecule has 55 heavy (non-hydrogen) atoms. The summed E-state index contributed by atoms with van der Waals surface area (Å²) in [6.45, 7) is 8.21. The molecule has 316 valence electrons. The minimum absolute atomic E-state index is 0.276. The summed E-state index contributed by atoms with van der Waals surface area (Å²) in [5, 5.41) is 0. The first-order valence-electron chi connectivity index (χ1n) is 23.8. The van der Waals surface area contributed by atoms with Gasteiger partial charge in [0.25, 0.3) is 0 Å². The van der Waals surface area contributed by atoms with Crippen molar-refractivity contribution in [2.75, 3.05) is 0 Å². The van der Waals surface area contributed by atoms with E-state index in [1.807, 2.05) is 24.3 Å². The quantitative estimate of drug-likeness (QED) is 0.154. The molecule has 1 aromatic carbocycles. The van der Waals surface area contributed by atoms with E-state index < -0.39 is 0 Å². The zero-order valence-electron chi connectivity index (χ0n) is 36.0. The van der Waals surface area contributed by atoms with Gasteiger partial charge in [0, 0.05) is 0 Å². The molecule has 6 aliphatic carbocycles. The third-order valence-corrected chi connectivity index (χ3v) is 23.4. The molecular weight excluding hydrogens is 868 g/mol. The Morgan fingerprint density at radius 1 is 0.473 bits per heavy atom. The normalized spacial score (nSPS) is 26.4. The van der Waals surface area contributed by atoms with Gasteiger partial charge in [-0.1, -0.05) is 131 Å². The second kappa shape index (κ2) is 25.2. The fourth-order valence-electron chi connectivity index (χ4n) is 11.6. The van der Waals surface area contributed by atoms with E-state index in [1.54, 1.807) is 154 Å². The van der Waals surface area contributed by atoms with E-state index in [0.717, 1.165) is 5.46 Å². The molecule has 0 amide bonds. The number of benzene rings is 1. The molecule has 0 unspecified atom stereocenters. The van der Waals surface area contributed by atoms with Gasteiger partial charge in [0.1, 0.15) is 0 Å². The second-order valence-electron chi connectivity index (χ2n) is 19.6. The van der Waals surface area contributed by atoms with Crippen molar-refractivity contribution < 1.29 is 26.5 Å². The third kappa shape index (κ3) is 14.4. The van der Waals surface area contributed by atoms with E-state index in [-0.39, 0.29) is 18.3 Å². The van der Waals surface area contributed by atoms with Crippen LogP contribution in [0.15, 0.2) is 24.3 Å². The Hall–Kier alpha value is 1.21. The Labute approximate surface area is 361 Å². The average Bonchev–Trinajstić information content (AvgIpc) is 3.48. The molecule has 0 radical (unpaired) electrons. The minimum atomic E-state index is -0.295. The molecule has 0 N–H and O–H groups in total. The van der Waals surface area contributed by atoms with Crippen molar-refractivity contribution in [3.8, 4) is 0 Å². The van der Waals surface area contributed by atoms with Crippen LogP contribution < -0.4 is 5.46 Å². The summed E-state index contributed by atoms with van der Waals surface area (Å²) in [4.78, 5) is 0. The van der Waals surface area contributed by atoms with E-state index in [0.29, 0.717) is 15.8 Å². The second-order valence-corrected chi connectivity index (χ2v) is 25.7. The van der Waals surface area contributed by atoms with Crippen LogP contribution in [0.3, 0.4) is 0 Å². The van der Waals surface area contributed by atoms with Crippen LogP contribution in [0.1, 0.15) is 220 Å². The summed E-state index contributed by atoms with van der Waals surface area (Å²) in [7, 11) is 0.475. The van der Waals surface area contributed by atoms with Crippen LogP contribution in [-0.4, -0.2) is 52.3 Å². The van der Waals surface area contributed by atoms with Crippen LogP contribution in [0.4, 0.5) is 0 Å². The maximum atomic E-state index is 5.90. The molecule has 0 atom stereocenters. The monoisotopic (exact) mass is 948 g/mol. The van der Waals surface area contributed by atoms with Crippen molar-refractivity contribution in [3.05, 3.63) is 30.3 Å². The van der Waals surface area contributed by atoms with Crippen molar-refractivity contribution in [1.29, 1.82) is 0 Å².